The van der Waals surface area contributed by atoms with Crippen molar-refractivity contribution in [3.05, 3.63) is 29.3 Å². The van der Waals surface area contributed by atoms with E-state index in [-0.39, 0.29) is 0 Å². The molecule has 0 atom stereocenters. The molecule has 0 amide bonds. The fourth-order valence-corrected chi connectivity index (χ4v) is 2.73. The van der Waals surface area contributed by atoms with Crippen LogP contribution >= 0.6 is 11.8 Å². The predicted octanol–water partition coefficient (Wildman–Crippen LogP) is 3.06. The van der Waals surface area contributed by atoms with Gasteiger partial charge in [-0.1, -0.05) is 18.2 Å². The van der Waals surface area contributed by atoms with Crippen LogP contribution in [-0.2, 0) is 0 Å². The van der Waals surface area contributed by atoms with Gasteiger partial charge in [0, 0.05) is 16.9 Å². The molecule has 1 aliphatic rings. The quantitative estimate of drug-likeness (QED) is 0.628. The molecule has 2 rings (SSSR count). The molecule has 2 heteroatoms. The highest BCUT2D eigenvalue weighted by Gasteiger charge is 2.16. The Bertz CT molecular complexity index is 344. The van der Waals surface area contributed by atoms with Crippen molar-refractivity contribution >= 4 is 17.5 Å². The average Bonchev–Trinajstić information content (AvgIpc) is 2.30. The van der Waals surface area contributed by atoms with E-state index in [1.54, 1.807) is 0 Å². The van der Waals surface area contributed by atoms with Crippen molar-refractivity contribution in [2.75, 3.05) is 5.75 Å². The third-order valence-electron chi connectivity index (χ3n) is 2.31. The number of thioether (sulfide) groups is 1. The average molecular weight is 192 g/mol. The Labute approximate surface area is 82.5 Å². The van der Waals surface area contributed by atoms with Crippen molar-refractivity contribution in [3.63, 3.8) is 0 Å². The molecule has 13 heavy (non-hydrogen) atoms. The number of benzene rings is 1. The first-order valence-corrected chi connectivity index (χ1v) is 5.53. The molecule has 0 unspecified atom stereocenters. The van der Waals surface area contributed by atoms with Gasteiger partial charge in [-0.25, -0.2) is 0 Å². The van der Waals surface area contributed by atoms with Crippen LogP contribution in [0.1, 0.15) is 28.8 Å². The lowest BCUT2D eigenvalue weighted by Gasteiger charge is -2.06. The maximum absolute atomic E-state index is 11.6. The Hall–Kier alpha value is -0.760. The van der Waals surface area contributed by atoms with Gasteiger partial charge in [-0.05, 0) is 24.7 Å². The van der Waals surface area contributed by atoms with E-state index in [1.807, 2.05) is 23.9 Å². The van der Waals surface area contributed by atoms with Gasteiger partial charge in [0.2, 0.25) is 0 Å². The fourth-order valence-electron chi connectivity index (χ4n) is 1.61. The Morgan fingerprint density at radius 1 is 1.38 bits per heavy atom. The van der Waals surface area contributed by atoms with Crippen LogP contribution in [0.4, 0.5) is 0 Å². The molecule has 1 nitrogen and oxygen atoms in total. The number of carbonyl (C=O) groups excluding carboxylic acids is 1. The second-order valence-electron chi connectivity index (χ2n) is 3.33. The Balaban J connectivity index is 2.54. The molecule has 1 aromatic rings. The third kappa shape index (κ3) is 1.63. The maximum atomic E-state index is 11.6. The molecule has 0 radical (unpaired) electrons. The molecule has 1 aliphatic heterocycles. The maximum Gasteiger partial charge on any atom is 0.164 e. The van der Waals surface area contributed by atoms with Gasteiger partial charge >= 0.3 is 0 Å². The van der Waals surface area contributed by atoms with E-state index in [1.165, 1.54) is 10.5 Å². The van der Waals surface area contributed by atoms with E-state index < -0.39 is 0 Å². The normalized spacial score (nSPS) is 16.5. The minimum atomic E-state index is 0.309. The van der Waals surface area contributed by atoms with E-state index in [0.717, 1.165) is 17.7 Å². The molecular formula is C11H12OS. The summed E-state index contributed by atoms with van der Waals surface area (Å²) in [7, 11) is 0. The van der Waals surface area contributed by atoms with Crippen LogP contribution in [0, 0.1) is 6.92 Å². The number of hydrogen-bond acceptors (Lipinski definition) is 2. The number of aryl methyl sites for hydroxylation is 1. The number of carbonyl (C=O) groups is 1. The van der Waals surface area contributed by atoms with Gasteiger partial charge in [0.15, 0.2) is 5.78 Å². The van der Waals surface area contributed by atoms with Gasteiger partial charge in [-0.2, -0.15) is 0 Å². The second kappa shape index (κ2) is 3.54. The van der Waals surface area contributed by atoms with Crippen LogP contribution in [0.3, 0.4) is 0 Å². The molecular weight excluding hydrogens is 180 g/mol. The molecule has 0 fully saturated rings. The largest absolute Gasteiger partial charge is 0.294 e. The molecule has 68 valence electrons. The molecule has 1 aromatic carbocycles. The van der Waals surface area contributed by atoms with Crippen molar-refractivity contribution < 1.29 is 4.79 Å². The van der Waals surface area contributed by atoms with Gasteiger partial charge in [0.05, 0.1) is 0 Å². The van der Waals surface area contributed by atoms with Crippen molar-refractivity contribution in [1.29, 1.82) is 0 Å². The topological polar surface area (TPSA) is 17.1 Å². The summed E-state index contributed by atoms with van der Waals surface area (Å²) < 4.78 is 0. The highest BCUT2D eigenvalue weighted by atomic mass is 32.2. The SMILES string of the molecule is Cc1cccc2c1SCCCC2=O. The van der Waals surface area contributed by atoms with E-state index in [9.17, 15) is 4.79 Å². The van der Waals surface area contributed by atoms with Crippen LogP contribution in [0.5, 0.6) is 0 Å². The molecule has 0 N–H and O–H groups in total. The van der Waals surface area contributed by atoms with Crippen LogP contribution < -0.4 is 0 Å². The lowest BCUT2D eigenvalue weighted by atomic mass is 10.0. The molecule has 0 aliphatic carbocycles. The lowest BCUT2D eigenvalue weighted by molar-refractivity contribution is 0.0980. The summed E-state index contributed by atoms with van der Waals surface area (Å²) in [5, 5.41) is 0. The van der Waals surface area contributed by atoms with Crippen LogP contribution in [-0.4, -0.2) is 11.5 Å². The zero-order chi connectivity index (χ0) is 9.26. The summed E-state index contributed by atoms with van der Waals surface area (Å²) in [6, 6.07) is 5.99. The Kier molecular flexibility index (Phi) is 2.40. The highest BCUT2D eigenvalue weighted by molar-refractivity contribution is 7.99. The van der Waals surface area contributed by atoms with Crippen molar-refractivity contribution in [2.45, 2.75) is 24.7 Å². The summed E-state index contributed by atoms with van der Waals surface area (Å²) >= 11 is 1.82. The number of Topliss-reactive ketones (excluding diaryl/α,β-unsaturated/α-hetero) is 1. The highest BCUT2D eigenvalue weighted by Crippen LogP contribution is 2.31. The number of ketones is 1. The fraction of sp³-hybridized carbons (Fsp3) is 0.364. The first-order valence-electron chi connectivity index (χ1n) is 4.54. The molecule has 1 heterocycles. The van der Waals surface area contributed by atoms with Crippen LogP contribution in [0.15, 0.2) is 23.1 Å². The van der Waals surface area contributed by atoms with E-state index in [2.05, 4.69) is 13.0 Å². The van der Waals surface area contributed by atoms with Gasteiger partial charge in [-0.3, -0.25) is 4.79 Å². The summed E-state index contributed by atoms with van der Waals surface area (Å²) in [5.41, 5.74) is 2.17. The smallest absolute Gasteiger partial charge is 0.164 e. The second-order valence-corrected chi connectivity index (χ2v) is 4.43. The van der Waals surface area contributed by atoms with Crippen molar-refractivity contribution in [1.82, 2.24) is 0 Å². The van der Waals surface area contributed by atoms with Crippen LogP contribution in [0.2, 0.25) is 0 Å². The standard InChI is InChI=1S/C11H12OS/c1-8-4-2-5-9-10(12)6-3-7-13-11(8)9/h2,4-5H,3,6-7H2,1H3. The zero-order valence-electron chi connectivity index (χ0n) is 7.67. The van der Waals surface area contributed by atoms with Crippen molar-refractivity contribution in [2.24, 2.45) is 0 Å². The van der Waals surface area contributed by atoms with Crippen molar-refractivity contribution in [3.8, 4) is 0 Å². The third-order valence-corrected chi connectivity index (χ3v) is 3.63. The van der Waals surface area contributed by atoms with Crippen LogP contribution in [0.25, 0.3) is 0 Å². The minimum Gasteiger partial charge on any atom is -0.294 e. The van der Waals surface area contributed by atoms with E-state index in [0.29, 0.717) is 12.2 Å². The predicted molar refractivity (Wildman–Crippen MR) is 55.5 cm³/mol. The monoisotopic (exact) mass is 192 g/mol. The van der Waals surface area contributed by atoms with Gasteiger partial charge in [0.1, 0.15) is 0 Å². The summed E-state index contributed by atoms with van der Waals surface area (Å²) in [4.78, 5) is 12.8. The summed E-state index contributed by atoms with van der Waals surface area (Å²) in [6.45, 7) is 2.07. The van der Waals surface area contributed by atoms with Gasteiger partial charge in [-0.15, -0.1) is 11.8 Å². The number of fused-ring (bicyclic) bond motifs is 1. The first kappa shape index (κ1) is 8.82. The Morgan fingerprint density at radius 3 is 3.08 bits per heavy atom. The van der Waals surface area contributed by atoms with Gasteiger partial charge < -0.3 is 0 Å². The van der Waals surface area contributed by atoms with E-state index >= 15 is 0 Å². The lowest BCUT2D eigenvalue weighted by Crippen LogP contribution is -1.98. The molecule has 0 bridgehead atoms. The molecule has 0 saturated heterocycles. The summed E-state index contributed by atoms with van der Waals surface area (Å²) in [5.74, 6) is 1.38. The first-order chi connectivity index (χ1) is 6.29. The molecule has 0 aromatic heterocycles. The molecule has 0 saturated carbocycles. The Morgan fingerprint density at radius 2 is 2.23 bits per heavy atom. The van der Waals surface area contributed by atoms with Gasteiger partial charge in [0.25, 0.3) is 0 Å². The minimum absolute atomic E-state index is 0.309. The number of hydrogen-bond donors (Lipinski definition) is 0. The number of rotatable bonds is 0. The zero-order valence-corrected chi connectivity index (χ0v) is 8.49. The van der Waals surface area contributed by atoms with E-state index in [4.69, 9.17) is 0 Å². The summed E-state index contributed by atoms with van der Waals surface area (Å²) in [6.07, 6.45) is 1.72. The molecule has 0 spiro atoms.